The maximum atomic E-state index is 12.0. The van der Waals surface area contributed by atoms with Crippen LogP contribution in [0.25, 0.3) is 0 Å². The highest BCUT2D eigenvalue weighted by atomic mass is 16.5. The number of nitrogens with zero attached hydrogens (tertiary/aromatic N) is 1. The number of carbonyl (C=O) groups excluding carboxylic acids is 1. The lowest BCUT2D eigenvalue weighted by Crippen LogP contribution is -2.36. The highest BCUT2D eigenvalue weighted by Crippen LogP contribution is 2.21. The molecule has 0 aliphatic carbocycles. The first-order valence-electron chi connectivity index (χ1n) is 5.04. The Labute approximate surface area is 88.6 Å². The average molecular weight is 206 g/mol. The largest absolute Gasteiger partial charge is 0.491 e. The minimum absolute atomic E-state index is 0.00792. The maximum absolute atomic E-state index is 12.0. The summed E-state index contributed by atoms with van der Waals surface area (Å²) in [6, 6.07) is 7.31. The molecular weight excluding hydrogens is 192 g/mol. The van der Waals surface area contributed by atoms with Gasteiger partial charge >= 0.3 is 0 Å². The van der Waals surface area contributed by atoms with Crippen LogP contribution in [0, 0.1) is 0 Å². The minimum Gasteiger partial charge on any atom is -0.491 e. The number of fused-ring (bicyclic) bond motifs is 1. The predicted octanol–water partition coefficient (Wildman–Crippen LogP) is 0.480. The molecule has 1 aliphatic heterocycles. The van der Waals surface area contributed by atoms with Crippen molar-refractivity contribution in [3.8, 4) is 5.75 Å². The van der Waals surface area contributed by atoms with E-state index in [0.717, 1.165) is 0 Å². The molecular formula is C11H14N2O2. The number of carbonyl (C=O) groups is 1. The van der Waals surface area contributed by atoms with Gasteiger partial charge in [0.15, 0.2) is 0 Å². The van der Waals surface area contributed by atoms with Crippen LogP contribution < -0.4 is 10.5 Å². The Morgan fingerprint density at radius 1 is 1.40 bits per heavy atom. The quantitative estimate of drug-likeness (QED) is 0.765. The van der Waals surface area contributed by atoms with Gasteiger partial charge in [-0.05, 0) is 12.1 Å². The molecule has 0 unspecified atom stereocenters. The van der Waals surface area contributed by atoms with Crippen molar-refractivity contribution in [2.24, 2.45) is 5.73 Å². The van der Waals surface area contributed by atoms with Crippen LogP contribution in [0.15, 0.2) is 24.3 Å². The lowest BCUT2D eigenvalue weighted by Gasteiger charge is -2.18. The second kappa shape index (κ2) is 4.31. The van der Waals surface area contributed by atoms with E-state index in [4.69, 9.17) is 10.5 Å². The van der Waals surface area contributed by atoms with Gasteiger partial charge in [-0.3, -0.25) is 4.79 Å². The van der Waals surface area contributed by atoms with Gasteiger partial charge < -0.3 is 15.4 Å². The van der Waals surface area contributed by atoms with Gasteiger partial charge in [0.25, 0.3) is 5.91 Å². The SMILES string of the molecule is NCCN1CCOc2ccccc2C1=O. The molecule has 0 radical (unpaired) electrons. The van der Waals surface area contributed by atoms with Gasteiger partial charge in [-0.1, -0.05) is 12.1 Å². The van der Waals surface area contributed by atoms with Crippen molar-refractivity contribution in [1.29, 1.82) is 0 Å². The van der Waals surface area contributed by atoms with E-state index in [0.29, 0.717) is 37.6 Å². The van der Waals surface area contributed by atoms with Gasteiger partial charge in [-0.2, -0.15) is 0 Å². The summed E-state index contributed by atoms with van der Waals surface area (Å²) in [5, 5.41) is 0. The number of hydrogen-bond acceptors (Lipinski definition) is 3. The van der Waals surface area contributed by atoms with Crippen LogP contribution in [0.1, 0.15) is 10.4 Å². The van der Waals surface area contributed by atoms with E-state index < -0.39 is 0 Å². The maximum Gasteiger partial charge on any atom is 0.257 e. The molecule has 1 amide bonds. The zero-order valence-corrected chi connectivity index (χ0v) is 8.48. The number of para-hydroxylation sites is 1. The topological polar surface area (TPSA) is 55.6 Å². The molecule has 2 rings (SSSR count). The fourth-order valence-corrected chi connectivity index (χ4v) is 1.68. The third kappa shape index (κ3) is 1.94. The molecule has 4 nitrogen and oxygen atoms in total. The van der Waals surface area contributed by atoms with Gasteiger partial charge in [-0.25, -0.2) is 0 Å². The molecule has 0 bridgehead atoms. The monoisotopic (exact) mass is 206 g/mol. The zero-order chi connectivity index (χ0) is 10.7. The smallest absolute Gasteiger partial charge is 0.257 e. The predicted molar refractivity (Wildman–Crippen MR) is 56.9 cm³/mol. The van der Waals surface area contributed by atoms with Gasteiger partial charge in [0, 0.05) is 13.1 Å². The number of benzene rings is 1. The van der Waals surface area contributed by atoms with E-state index in [1.165, 1.54) is 0 Å². The number of nitrogens with two attached hydrogens (primary N) is 1. The first-order chi connectivity index (χ1) is 7.33. The van der Waals surface area contributed by atoms with E-state index in [9.17, 15) is 4.79 Å². The lowest BCUT2D eigenvalue weighted by molar-refractivity contribution is 0.0761. The molecule has 0 spiro atoms. The molecule has 0 saturated carbocycles. The van der Waals surface area contributed by atoms with E-state index in [2.05, 4.69) is 0 Å². The molecule has 2 N–H and O–H groups in total. The number of amides is 1. The van der Waals surface area contributed by atoms with E-state index in [1.54, 1.807) is 11.0 Å². The number of hydrogen-bond donors (Lipinski definition) is 1. The van der Waals surface area contributed by atoms with Gasteiger partial charge in [0.1, 0.15) is 12.4 Å². The van der Waals surface area contributed by atoms with Crippen LogP contribution in [0.4, 0.5) is 0 Å². The molecule has 15 heavy (non-hydrogen) atoms. The Hall–Kier alpha value is -1.55. The van der Waals surface area contributed by atoms with Crippen LogP contribution >= 0.6 is 0 Å². The summed E-state index contributed by atoms with van der Waals surface area (Å²) in [5.74, 6) is 0.676. The molecule has 1 aromatic rings. The van der Waals surface area contributed by atoms with Crippen molar-refractivity contribution >= 4 is 5.91 Å². The Morgan fingerprint density at radius 2 is 2.20 bits per heavy atom. The highest BCUT2D eigenvalue weighted by Gasteiger charge is 2.21. The molecule has 4 heteroatoms. The standard InChI is InChI=1S/C11H14N2O2/c12-5-6-13-7-8-15-10-4-2-1-3-9(10)11(13)14/h1-4H,5-8,12H2. The molecule has 80 valence electrons. The van der Waals surface area contributed by atoms with Crippen molar-refractivity contribution < 1.29 is 9.53 Å². The molecule has 0 saturated heterocycles. The molecule has 0 aromatic heterocycles. The second-order valence-electron chi connectivity index (χ2n) is 3.43. The normalized spacial score (nSPS) is 15.5. The van der Waals surface area contributed by atoms with Crippen molar-refractivity contribution in [3.63, 3.8) is 0 Å². The summed E-state index contributed by atoms with van der Waals surface area (Å²) in [6.07, 6.45) is 0. The fraction of sp³-hybridized carbons (Fsp3) is 0.364. The molecule has 0 fully saturated rings. The summed E-state index contributed by atoms with van der Waals surface area (Å²) < 4.78 is 5.49. The molecule has 1 aliphatic rings. The zero-order valence-electron chi connectivity index (χ0n) is 8.48. The number of rotatable bonds is 2. The van der Waals surface area contributed by atoms with Crippen LogP contribution in [0.3, 0.4) is 0 Å². The Kier molecular flexibility index (Phi) is 2.87. The lowest BCUT2D eigenvalue weighted by atomic mass is 10.2. The van der Waals surface area contributed by atoms with Crippen LogP contribution in [0.2, 0.25) is 0 Å². The van der Waals surface area contributed by atoms with Crippen LogP contribution in [-0.4, -0.2) is 37.0 Å². The average Bonchev–Trinajstić information content (AvgIpc) is 2.41. The summed E-state index contributed by atoms with van der Waals surface area (Å²) in [4.78, 5) is 13.7. The van der Waals surface area contributed by atoms with E-state index in [1.807, 2.05) is 18.2 Å². The highest BCUT2D eigenvalue weighted by molar-refractivity contribution is 5.97. The third-order valence-corrected chi connectivity index (χ3v) is 2.42. The van der Waals surface area contributed by atoms with Crippen LogP contribution in [-0.2, 0) is 0 Å². The van der Waals surface area contributed by atoms with Crippen molar-refractivity contribution in [2.45, 2.75) is 0 Å². The van der Waals surface area contributed by atoms with Gasteiger partial charge in [-0.15, -0.1) is 0 Å². The van der Waals surface area contributed by atoms with Gasteiger partial charge in [0.2, 0.25) is 0 Å². The molecule has 1 heterocycles. The Morgan fingerprint density at radius 3 is 3.00 bits per heavy atom. The first kappa shape index (κ1) is 9.98. The Balaban J connectivity index is 2.30. The van der Waals surface area contributed by atoms with Crippen molar-refractivity contribution in [1.82, 2.24) is 4.90 Å². The number of ether oxygens (including phenoxy) is 1. The summed E-state index contributed by atoms with van der Waals surface area (Å²) in [7, 11) is 0. The van der Waals surface area contributed by atoms with Crippen LogP contribution in [0.5, 0.6) is 5.75 Å². The minimum atomic E-state index is 0.00792. The summed E-state index contributed by atoms with van der Waals surface area (Å²) >= 11 is 0. The summed E-state index contributed by atoms with van der Waals surface area (Å²) in [5.41, 5.74) is 6.09. The molecule has 1 aromatic carbocycles. The fourth-order valence-electron chi connectivity index (χ4n) is 1.68. The van der Waals surface area contributed by atoms with E-state index >= 15 is 0 Å². The second-order valence-corrected chi connectivity index (χ2v) is 3.43. The van der Waals surface area contributed by atoms with E-state index in [-0.39, 0.29) is 5.91 Å². The van der Waals surface area contributed by atoms with Crippen molar-refractivity contribution in [3.05, 3.63) is 29.8 Å². The summed E-state index contributed by atoms with van der Waals surface area (Å²) in [6.45, 7) is 2.19. The van der Waals surface area contributed by atoms with Crippen molar-refractivity contribution in [2.75, 3.05) is 26.2 Å². The Bertz CT molecular complexity index is 365. The van der Waals surface area contributed by atoms with Gasteiger partial charge in [0.05, 0.1) is 12.1 Å². The first-order valence-corrected chi connectivity index (χ1v) is 5.04. The third-order valence-electron chi connectivity index (χ3n) is 2.42. The molecule has 0 atom stereocenters.